The molecule has 2 aliphatic rings. The Morgan fingerprint density at radius 3 is 2.36 bits per heavy atom. The molecule has 0 radical (unpaired) electrons. The van der Waals surface area contributed by atoms with E-state index < -0.39 is 0 Å². The van der Waals surface area contributed by atoms with Gasteiger partial charge in [0.2, 0.25) is 0 Å². The number of carbonyl (C=O) groups is 1. The number of fused-ring (bicyclic) bond motifs is 2. The van der Waals surface area contributed by atoms with Crippen LogP contribution < -0.4 is 0 Å². The van der Waals surface area contributed by atoms with E-state index >= 15 is 0 Å². The number of amides is 1. The topological polar surface area (TPSA) is 20.3 Å². The average molecular weight is 299 g/mol. The molecule has 0 aromatic heterocycles. The molecule has 1 aromatic rings. The molecule has 1 heterocycles. The Kier molecular flexibility index (Phi) is 3.82. The Hall–Kier alpha value is -1.31. The highest BCUT2D eigenvalue weighted by molar-refractivity contribution is 5.97. The minimum absolute atomic E-state index is 0.126. The molecular weight excluding hydrogens is 270 g/mol. The van der Waals surface area contributed by atoms with Crippen LogP contribution in [0.25, 0.3) is 0 Å². The summed E-state index contributed by atoms with van der Waals surface area (Å²) in [7, 11) is 0. The third-order valence-electron chi connectivity index (χ3n) is 5.89. The minimum atomic E-state index is -0.126. The van der Waals surface area contributed by atoms with E-state index in [1.54, 1.807) is 0 Å². The molecule has 120 valence electrons. The number of hydrogen-bond acceptors (Lipinski definition) is 1. The zero-order chi connectivity index (χ0) is 16.0. The monoisotopic (exact) mass is 299 g/mol. The van der Waals surface area contributed by atoms with Gasteiger partial charge in [-0.25, -0.2) is 0 Å². The van der Waals surface area contributed by atoms with Gasteiger partial charge in [0.05, 0.1) is 0 Å². The number of carbonyl (C=O) groups excluding carboxylic acids is 1. The maximum absolute atomic E-state index is 13.2. The van der Waals surface area contributed by atoms with Crippen molar-refractivity contribution in [2.24, 2.45) is 5.92 Å². The molecule has 3 rings (SSSR count). The smallest absolute Gasteiger partial charge is 0.254 e. The van der Waals surface area contributed by atoms with Gasteiger partial charge in [-0.2, -0.15) is 0 Å². The number of benzene rings is 1. The Bertz CT molecular complexity index is 563. The lowest BCUT2D eigenvalue weighted by Crippen LogP contribution is -2.48. The van der Waals surface area contributed by atoms with Gasteiger partial charge in [0.25, 0.3) is 5.91 Å². The second-order valence-corrected chi connectivity index (χ2v) is 8.25. The molecule has 0 bridgehead atoms. The van der Waals surface area contributed by atoms with Crippen LogP contribution in [-0.2, 0) is 5.41 Å². The van der Waals surface area contributed by atoms with Gasteiger partial charge in [0.1, 0.15) is 0 Å². The van der Waals surface area contributed by atoms with E-state index in [0.717, 1.165) is 12.1 Å². The van der Waals surface area contributed by atoms with Gasteiger partial charge >= 0.3 is 0 Å². The van der Waals surface area contributed by atoms with Gasteiger partial charge in [-0.1, -0.05) is 44.4 Å². The molecule has 1 aliphatic carbocycles. The van der Waals surface area contributed by atoms with E-state index in [4.69, 9.17) is 0 Å². The Labute approximate surface area is 134 Å². The van der Waals surface area contributed by atoms with E-state index in [1.165, 1.54) is 37.7 Å². The Morgan fingerprint density at radius 1 is 1.09 bits per heavy atom. The quantitative estimate of drug-likeness (QED) is 0.675. The van der Waals surface area contributed by atoms with Crippen molar-refractivity contribution < 1.29 is 4.79 Å². The average Bonchev–Trinajstić information content (AvgIpc) is 2.58. The van der Waals surface area contributed by atoms with Crippen LogP contribution in [0.4, 0.5) is 0 Å². The number of hydrogen-bond donors (Lipinski definition) is 0. The summed E-state index contributed by atoms with van der Waals surface area (Å²) in [6, 6.07) is 8.40. The molecule has 22 heavy (non-hydrogen) atoms. The van der Waals surface area contributed by atoms with Crippen LogP contribution in [0, 0.1) is 5.92 Å². The summed E-state index contributed by atoms with van der Waals surface area (Å²) in [5.74, 6) is 0.733. The normalized spacial score (nSPS) is 25.0. The second kappa shape index (κ2) is 5.40. The fourth-order valence-corrected chi connectivity index (χ4v) is 4.57. The highest BCUT2D eigenvalue weighted by atomic mass is 16.2. The van der Waals surface area contributed by atoms with Crippen molar-refractivity contribution in [3.05, 3.63) is 35.4 Å². The number of rotatable bonds is 0. The lowest BCUT2D eigenvalue weighted by molar-refractivity contribution is 0.0504. The maximum Gasteiger partial charge on any atom is 0.254 e. The molecule has 0 saturated heterocycles. The molecule has 1 aliphatic heterocycles. The third kappa shape index (κ3) is 2.37. The Morgan fingerprint density at radius 2 is 1.73 bits per heavy atom. The van der Waals surface area contributed by atoms with Crippen molar-refractivity contribution >= 4 is 5.91 Å². The van der Waals surface area contributed by atoms with Crippen LogP contribution in [0.5, 0.6) is 0 Å². The highest BCUT2D eigenvalue weighted by Gasteiger charge is 2.46. The van der Waals surface area contributed by atoms with E-state index in [0.29, 0.717) is 5.92 Å². The van der Waals surface area contributed by atoms with Crippen molar-refractivity contribution in [1.82, 2.24) is 4.90 Å². The van der Waals surface area contributed by atoms with Gasteiger partial charge in [-0.05, 0) is 51.2 Å². The molecule has 1 saturated carbocycles. The first kappa shape index (κ1) is 15.6. The molecule has 1 unspecified atom stereocenters. The fourth-order valence-electron chi connectivity index (χ4n) is 4.57. The van der Waals surface area contributed by atoms with Crippen LogP contribution in [0.3, 0.4) is 0 Å². The van der Waals surface area contributed by atoms with E-state index in [9.17, 15) is 4.79 Å². The Balaban J connectivity index is 2.16. The van der Waals surface area contributed by atoms with Gasteiger partial charge < -0.3 is 4.90 Å². The first-order valence-corrected chi connectivity index (χ1v) is 8.78. The lowest BCUT2D eigenvalue weighted by Gasteiger charge is -2.44. The van der Waals surface area contributed by atoms with Crippen molar-refractivity contribution in [1.29, 1.82) is 0 Å². The minimum Gasteiger partial charge on any atom is -0.334 e. The molecule has 2 nitrogen and oxygen atoms in total. The van der Waals surface area contributed by atoms with E-state index in [-0.39, 0.29) is 16.9 Å². The molecule has 1 amide bonds. The zero-order valence-electron chi connectivity index (χ0n) is 14.5. The summed E-state index contributed by atoms with van der Waals surface area (Å²) in [5, 5.41) is 0. The summed E-state index contributed by atoms with van der Waals surface area (Å²) >= 11 is 0. The summed E-state index contributed by atoms with van der Waals surface area (Å²) in [5.41, 5.74) is 2.34. The van der Waals surface area contributed by atoms with Gasteiger partial charge in [-0.15, -0.1) is 0 Å². The molecule has 0 N–H and O–H groups in total. The van der Waals surface area contributed by atoms with Gasteiger partial charge in [-0.3, -0.25) is 4.79 Å². The summed E-state index contributed by atoms with van der Waals surface area (Å²) in [6.45, 7) is 9.69. The first-order valence-electron chi connectivity index (χ1n) is 8.78. The summed E-state index contributed by atoms with van der Waals surface area (Å²) in [4.78, 5) is 15.3. The lowest BCUT2D eigenvalue weighted by atomic mass is 9.62. The van der Waals surface area contributed by atoms with E-state index in [1.807, 2.05) is 12.1 Å². The van der Waals surface area contributed by atoms with Crippen LogP contribution in [-0.4, -0.2) is 22.9 Å². The molecule has 1 atom stereocenters. The maximum atomic E-state index is 13.2. The number of nitrogens with zero attached hydrogens (tertiary/aromatic N) is 1. The summed E-state index contributed by atoms with van der Waals surface area (Å²) < 4.78 is 0. The molecular formula is C20H29NO. The molecule has 1 fully saturated rings. The third-order valence-corrected chi connectivity index (χ3v) is 5.89. The van der Waals surface area contributed by atoms with Crippen LogP contribution in [0.1, 0.15) is 75.7 Å². The molecule has 1 aromatic carbocycles. The van der Waals surface area contributed by atoms with Crippen molar-refractivity contribution in [2.75, 3.05) is 6.54 Å². The molecule has 2 heteroatoms. The predicted molar refractivity (Wildman–Crippen MR) is 91.2 cm³/mol. The van der Waals surface area contributed by atoms with Crippen LogP contribution in [0.2, 0.25) is 0 Å². The van der Waals surface area contributed by atoms with Crippen molar-refractivity contribution in [3.63, 3.8) is 0 Å². The largest absolute Gasteiger partial charge is 0.334 e. The van der Waals surface area contributed by atoms with Crippen molar-refractivity contribution in [2.45, 2.75) is 70.8 Å². The van der Waals surface area contributed by atoms with Crippen LogP contribution in [0.15, 0.2) is 24.3 Å². The van der Waals surface area contributed by atoms with Gasteiger partial charge in [0, 0.05) is 23.1 Å². The van der Waals surface area contributed by atoms with Crippen molar-refractivity contribution in [3.8, 4) is 0 Å². The standard InChI is InChI=1S/C20H29NO/c1-15-14-21(19(2,3)4)18(22)16-10-6-7-11-17(16)20(15)12-8-5-9-13-20/h6-7,10-11,15H,5,8-9,12-14H2,1-4H3. The fraction of sp³-hybridized carbons (Fsp3) is 0.650. The SMILES string of the molecule is CC1CN(C(C)(C)C)C(=O)c2ccccc2C12CCCCC2. The molecule has 1 spiro atoms. The van der Waals surface area contributed by atoms with E-state index in [2.05, 4.69) is 44.7 Å². The second-order valence-electron chi connectivity index (χ2n) is 8.25. The zero-order valence-corrected chi connectivity index (χ0v) is 14.5. The summed E-state index contributed by atoms with van der Waals surface area (Å²) in [6.07, 6.45) is 6.39. The highest BCUT2D eigenvalue weighted by Crippen LogP contribution is 2.48. The first-order chi connectivity index (χ1) is 10.4. The van der Waals surface area contributed by atoms with Crippen LogP contribution >= 0.6 is 0 Å². The predicted octanol–water partition coefficient (Wildman–Crippen LogP) is 4.78. The van der Waals surface area contributed by atoms with Gasteiger partial charge in [0.15, 0.2) is 0 Å².